The van der Waals surface area contributed by atoms with Crippen molar-refractivity contribution in [2.75, 3.05) is 38.1 Å². The monoisotopic (exact) mass is 750 g/mol. The van der Waals surface area contributed by atoms with Crippen molar-refractivity contribution in [2.24, 2.45) is 35.5 Å². The Hall–Kier alpha value is -3.78. The van der Waals surface area contributed by atoms with Gasteiger partial charge in [-0.15, -0.1) is 0 Å². The van der Waals surface area contributed by atoms with E-state index in [1.165, 1.54) is 74.9 Å². The van der Waals surface area contributed by atoms with Crippen LogP contribution in [-0.2, 0) is 12.8 Å². The van der Waals surface area contributed by atoms with Gasteiger partial charge in [-0.1, -0.05) is 76.6 Å². The SMILES string of the molecule is O=C(CBr)c1ccc(O)cc1.O=C(CN1C[C@H]2CC(Cc3ccccc3)C[C@H]2C1)c1ccc(O)cc1.c1ccc(CC2C[C@H]3CNC[C@H]3C2)cc1. The number of Topliss-reactive ketones (excluding diaryl/α,β-unsaturated/α-hetero) is 2. The highest BCUT2D eigenvalue weighted by atomic mass is 79.9. The maximum Gasteiger partial charge on any atom is 0.176 e. The van der Waals surface area contributed by atoms with Crippen LogP contribution in [0.2, 0.25) is 0 Å². The summed E-state index contributed by atoms with van der Waals surface area (Å²) in [5.41, 5.74) is 4.28. The number of aromatic hydroxyl groups is 2. The van der Waals surface area contributed by atoms with E-state index in [1.54, 1.807) is 36.4 Å². The van der Waals surface area contributed by atoms with Crippen LogP contribution in [0.3, 0.4) is 0 Å². The van der Waals surface area contributed by atoms with Gasteiger partial charge in [0.15, 0.2) is 11.6 Å². The van der Waals surface area contributed by atoms with Gasteiger partial charge >= 0.3 is 0 Å². The summed E-state index contributed by atoms with van der Waals surface area (Å²) in [4.78, 5) is 25.7. The second kappa shape index (κ2) is 18.1. The third kappa shape index (κ3) is 10.6. The minimum atomic E-state index is 0.0185. The molecule has 2 heterocycles. The predicted molar refractivity (Wildman–Crippen MR) is 208 cm³/mol. The second-order valence-electron chi connectivity index (χ2n) is 15.0. The Balaban J connectivity index is 0.000000146. The summed E-state index contributed by atoms with van der Waals surface area (Å²) in [5, 5.41) is 22.1. The number of benzene rings is 4. The number of carbonyl (C=O) groups is 2. The Morgan fingerprint density at radius 1 is 0.588 bits per heavy atom. The lowest BCUT2D eigenvalue weighted by atomic mass is 9.96. The van der Waals surface area contributed by atoms with E-state index in [2.05, 4.69) is 86.8 Å². The van der Waals surface area contributed by atoms with Gasteiger partial charge in [-0.05, 0) is 147 Å². The zero-order valence-corrected chi connectivity index (χ0v) is 31.0. The van der Waals surface area contributed by atoms with Gasteiger partial charge in [0.2, 0.25) is 0 Å². The van der Waals surface area contributed by atoms with Gasteiger partial charge in [-0.25, -0.2) is 0 Å². The van der Waals surface area contributed by atoms with E-state index < -0.39 is 0 Å². The van der Waals surface area contributed by atoms with E-state index in [0.717, 1.165) is 48.6 Å². The third-order valence-electron chi connectivity index (χ3n) is 11.3. The summed E-state index contributed by atoms with van der Waals surface area (Å²) in [6.45, 7) is 5.16. The average molecular weight is 752 g/mol. The van der Waals surface area contributed by atoms with Crippen molar-refractivity contribution in [1.29, 1.82) is 0 Å². The van der Waals surface area contributed by atoms with E-state index >= 15 is 0 Å². The molecule has 7 heteroatoms. The van der Waals surface area contributed by atoms with Crippen molar-refractivity contribution in [3.05, 3.63) is 131 Å². The molecule has 2 saturated heterocycles. The first-order chi connectivity index (χ1) is 24.8. The van der Waals surface area contributed by atoms with Crippen LogP contribution in [0, 0.1) is 35.5 Å². The van der Waals surface area contributed by atoms with Crippen LogP contribution in [0.5, 0.6) is 11.5 Å². The minimum absolute atomic E-state index is 0.0185. The zero-order valence-electron chi connectivity index (χ0n) is 29.4. The molecule has 0 aromatic heterocycles. The van der Waals surface area contributed by atoms with Crippen LogP contribution in [-0.4, -0.2) is 64.7 Å². The molecule has 0 amide bonds. The maximum atomic E-state index is 12.4. The highest BCUT2D eigenvalue weighted by Gasteiger charge is 2.41. The molecular formula is C44H51BrN2O4. The largest absolute Gasteiger partial charge is 0.508 e. The van der Waals surface area contributed by atoms with Gasteiger partial charge < -0.3 is 15.5 Å². The molecule has 4 aliphatic rings. The number of alkyl halides is 1. The number of phenols is 2. The highest BCUT2D eigenvalue weighted by Crippen LogP contribution is 2.43. The van der Waals surface area contributed by atoms with Crippen molar-refractivity contribution in [3.8, 4) is 11.5 Å². The highest BCUT2D eigenvalue weighted by molar-refractivity contribution is 9.09. The molecular weight excluding hydrogens is 700 g/mol. The Kier molecular flexibility index (Phi) is 13.1. The predicted octanol–water partition coefficient (Wildman–Crippen LogP) is 8.22. The molecule has 6 nitrogen and oxygen atoms in total. The zero-order chi connectivity index (χ0) is 35.6. The lowest BCUT2D eigenvalue weighted by Crippen LogP contribution is -2.29. The molecule has 2 aliphatic heterocycles. The lowest BCUT2D eigenvalue weighted by molar-refractivity contribution is 0.0939. The molecule has 2 unspecified atom stereocenters. The molecule has 4 aromatic carbocycles. The number of hydrogen-bond donors (Lipinski definition) is 3. The summed E-state index contributed by atoms with van der Waals surface area (Å²) in [6.07, 6.45) is 7.99. The fourth-order valence-electron chi connectivity index (χ4n) is 8.84. The van der Waals surface area contributed by atoms with Crippen molar-refractivity contribution in [3.63, 3.8) is 0 Å². The Morgan fingerprint density at radius 3 is 1.43 bits per heavy atom. The van der Waals surface area contributed by atoms with Gasteiger partial charge in [0.05, 0.1) is 11.9 Å². The number of fused-ring (bicyclic) bond motifs is 2. The summed E-state index contributed by atoms with van der Waals surface area (Å²) in [6, 6.07) is 34.5. The minimum Gasteiger partial charge on any atom is -0.508 e. The normalized spacial score (nSPS) is 24.8. The van der Waals surface area contributed by atoms with E-state index in [-0.39, 0.29) is 23.1 Å². The second-order valence-corrected chi connectivity index (χ2v) is 15.6. The van der Waals surface area contributed by atoms with Crippen LogP contribution < -0.4 is 5.32 Å². The number of phenolic OH excluding ortho intramolecular Hbond substituents is 2. The maximum absolute atomic E-state index is 12.4. The topological polar surface area (TPSA) is 89.9 Å². The molecule has 3 N–H and O–H groups in total. The molecule has 0 radical (unpaired) electrons. The Bertz CT molecular complexity index is 1660. The number of carbonyl (C=O) groups excluding carboxylic acids is 2. The molecule has 2 saturated carbocycles. The third-order valence-corrected chi connectivity index (χ3v) is 11.8. The lowest BCUT2D eigenvalue weighted by Gasteiger charge is -2.18. The van der Waals surface area contributed by atoms with Crippen LogP contribution in [0.1, 0.15) is 57.5 Å². The first-order valence-electron chi connectivity index (χ1n) is 18.5. The molecule has 2 aliphatic carbocycles. The number of rotatable bonds is 9. The van der Waals surface area contributed by atoms with Gasteiger partial charge in [-0.2, -0.15) is 0 Å². The average Bonchev–Trinajstić information content (AvgIpc) is 3.92. The number of likely N-dealkylation sites (tertiary alicyclic amines) is 1. The van der Waals surface area contributed by atoms with Crippen LogP contribution >= 0.6 is 15.9 Å². The summed E-state index contributed by atoms with van der Waals surface area (Å²) in [7, 11) is 0. The first kappa shape index (κ1) is 37.0. The van der Waals surface area contributed by atoms with Gasteiger partial charge in [0.25, 0.3) is 0 Å². The van der Waals surface area contributed by atoms with Crippen molar-refractivity contribution >= 4 is 27.5 Å². The molecule has 8 rings (SSSR count). The van der Waals surface area contributed by atoms with E-state index in [1.807, 2.05) is 0 Å². The van der Waals surface area contributed by atoms with Crippen LogP contribution in [0.25, 0.3) is 0 Å². The standard InChI is InChI=1S/C22H25NO2.C14H19N.C8H7BrO2/c24-21-8-6-18(7-9-21)22(25)15-23-13-19-11-17(12-20(19)14-23)10-16-4-2-1-3-5-16;1-2-4-11(5-3-1)6-12-7-13-9-15-10-14(13)8-12;9-5-8(11)6-1-3-7(10)4-2-6/h1-9,17,19-20,24H,10-15H2;1-5,12-15H,6-10H2;1-4,10H,5H2/t17?,19-,20+;12?,13-,14+;. The van der Waals surface area contributed by atoms with E-state index in [4.69, 9.17) is 5.11 Å². The fourth-order valence-corrected chi connectivity index (χ4v) is 9.16. The first-order valence-corrected chi connectivity index (χ1v) is 19.7. The van der Waals surface area contributed by atoms with Crippen molar-refractivity contribution < 1.29 is 19.8 Å². The smallest absolute Gasteiger partial charge is 0.176 e. The number of halogens is 1. The van der Waals surface area contributed by atoms with Gasteiger partial charge in [0, 0.05) is 24.2 Å². The molecule has 51 heavy (non-hydrogen) atoms. The van der Waals surface area contributed by atoms with Crippen LogP contribution in [0.4, 0.5) is 0 Å². The molecule has 4 fully saturated rings. The summed E-state index contributed by atoms with van der Waals surface area (Å²) < 4.78 is 0. The Labute approximate surface area is 311 Å². The van der Waals surface area contributed by atoms with Crippen molar-refractivity contribution in [2.45, 2.75) is 38.5 Å². The molecule has 0 bridgehead atoms. The van der Waals surface area contributed by atoms with Crippen molar-refractivity contribution in [1.82, 2.24) is 10.2 Å². The molecule has 6 atom stereocenters. The number of nitrogens with one attached hydrogen (secondary N) is 1. The molecule has 268 valence electrons. The van der Waals surface area contributed by atoms with Crippen LogP contribution in [0.15, 0.2) is 109 Å². The molecule has 4 aromatic rings. The van der Waals surface area contributed by atoms with Gasteiger partial charge in [-0.3, -0.25) is 14.5 Å². The Morgan fingerprint density at radius 2 is 1.00 bits per heavy atom. The fraction of sp³-hybridized carbons (Fsp3) is 0.409. The quantitative estimate of drug-likeness (QED) is 0.118. The number of hydrogen-bond acceptors (Lipinski definition) is 6. The van der Waals surface area contributed by atoms with E-state index in [0.29, 0.717) is 23.0 Å². The van der Waals surface area contributed by atoms with E-state index in [9.17, 15) is 14.7 Å². The summed E-state index contributed by atoms with van der Waals surface area (Å²) in [5.74, 6) is 5.77. The number of ketones is 2. The molecule has 0 spiro atoms. The number of nitrogens with zero attached hydrogens (tertiary/aromatic N) is 1. The summed E-state index contributed by atoms with van der Waals surface area (Å²) >= 11 is 3.06. The van der Waals surface area contributed by atoms with Gasteiger partial charge in [0.1, 0.15) is 11.5 Å².